The molecular weight excluding hydrogens is 257 g/mol. The van der Waals surface area contributed by atoms with Crippen molar-refractivity contribution >= 4 is 22.4 Å². The number of carbonyl (C=O) groups excluding carboxylic acids is 1. The number of rotatable bonds is 4. The van der Waals surface area contributed by atoms with Gasteiger partial charge in [0.25, 0.3) is 0 Å². The summed E-state index contributed by atoms with van der Waals surface area (Å²) in [6.45, 7) is 3.69. The second kappa shape index (κ2) is 5.35. The third kappa shape index (κ3) is 3.32. The van der Waals surface area contributed by atoms with Crippen molar-refractivity contribution in [3.8, 4) is 0 Å². The summed E-state index contributed by atoms with van der Waals surface area (Å²) in [7, 11) is 0. The number of halogens is 3. The first-order valence-corrected chi connectivity index (χ1v) is 5.70. The third-order valence-corrected chi connectivity index (χ3v) is 2.68. The molecule has 0 aliphatic heterocycles. The van der Waals surface area contributed by atoms with Crippen LogP contribution in [0, 0.1) is 0 Å². The Morgan fingerprint density at radius 1 is 1.47 bits per heavy atom. The topological polar surface area (TPSA) is 51.2 Å². The molecule has 0 aromatic carbocycles. The quantitative estimate of drug-likeness (QED) is 0.853. The summed E-state index contributed by atoms with van der Waals surface area (Å²) < 4.78 is 42.4. The molecule has 0 spiro atoms. The number of thiazole rings is 1. The lowest BCUT2D eigenvalue weighted by atomic mass is 10.3. The molecule has 1 rings (SSSR count). The summed E-state index contributed by atoms with van der Waals surface area (Å²) >= 11 is 0.642. The van der Waals surface area contributed by atoms with Gasteiger partial charge in [-0.05, 0) is 13.8 Å². The number of hydrogen-bond acceptors (Lipinski definition) is 5. The zero-order valence-corrected chi connectivity index (χ0v) is 10.0. The van der Waals surface area contributed by atoms with Gasteiger partial charge in [-0.1, -0.05) is 11.3 Å². The molecule has 0 saturated heterocycles. The second-order valence-corrected chi connectivity index (χ2v) is 3.94. The molecular formula is C9H11F3N2O2S. The SMILES string of the molecule is CCNc1nc(C(F)(F)F)c(C(=O)OCC)s1. The maximum Gasteiger partial charge on any atom is 0.435 e. The van der Waals surface area contributed by atoms with E-state index in [1.54, 1.807) is 6.92 Å². The van der Waals surface area contributed by atoms with Crippen molar-refractivity contribution in [2.45, 2.75) is 20.0 Å². The van der Waals surface area contributed by atoms with E-state index in [2.05, 4.69) is 15.0 Å². The van der Waals surface area contributed by atoms with Gasteiger partial charge in [0.05, 0.1) is 6.61 Å². The van der Waals surface area contributed by atoms with Gasteiger partial charge < -0.3 is 10.1 Å². The summed E-state index contributed by atoms with van der Waals surface area (Å²) in [5.41, 5.74) is -1.20. The van der Waals surface area contributed by atoms with E-state index in [1.807, 2.05) is 0 Å². The van der Waals surface area contributed by atoms with E-state index in [0.717, 1.165) is 0 Å². The van der Waals surface area contributed by atoms with Gasteiger partial charge in [0.1, 0.15) is 4.88 Å². The Hall–Kier alpha value is -1.31. The molecule has 1 heterocycles. The van der Waals surface area contributed by atoms with Crippen LogP contribution < -0.4 is 5.32 Å². The van der Waals surface area contributed by atoms with Gasteiger partial charge in [0, 0.05) is 6.54 Å². The van der Waals surface area contributed by atoms with Crippen molar-refractivity contribution in [1.29, 1.82) is 0 Å². The first-order chi connectivity index (χ1) is 7.90. The van der Waals surface area contributed by atoms with Crippen LogP contribution in [-0.2, 0) is 10.9 Å². The van der Waals surface area contributed by atoms with E-state index in [1.165, 1.54) is 6.92 Å². The Morgan fingerprint density at radius 2 is 2.12 bits per heavy atom. The molecule has 8 heteroatoms. The Kier molecular flexibility index (Phi) is 4.33. The minimum atomic E-state index is -4.66. The lowest BCUT2D eigenvalue weighted by Gasteiger charge is -2.04. The van der Waals surface area contributed by atoms with Crippen molar-refractivity contribution in [3.05, 3.63) is 10.6 Å². The Bertz CT molecular complexity index is 403. The Balaban J connectivity index is 3.12. The first-order valence-electron chi connectivity index (χ1n) is 4.89. The van der Waals surface area contributed by atoms with E-state index in [9.17, 15) is 18.0 Å². The van der Waals surface area contributed by atoms with Crippen LogP contribution in [-0.4, -0.2) is 24.1 Å². The van der Waals surface area contributed by atoms with E-state index >= 15 is 0 Å². The molecule has 0 radical (unpaired) electrons. The number of anilines is 1. The average molecular weight is 268 g/mol. The maximum absolute atomic E-state index is 12.6. The summed E-state index contributed by atoms with van der Waals surface area (Å²) in [6, 6.07) is 0. The zero-order chi connectivity index (χ0) is 13.1. The van der Waals surface area contributed by atoms with Gasteiger partial charge in [0.2, 0.25) is 0 Å². The van der Waals surface area contributed by atoms with E-state index in [4.69, 9.17) is 0 Å². The van der Waals surface area contributed by atoms with Crippen molar-refractivity contribution in [2.75, 3.05) is 18.5 Å². The number of carbonyl (C=O) groups is 1. The van der Waals surface area contributed by atoms with Gasteiger partial charge in [-0.25, -0.2) is 9.78 Å². The average Bonchev–Trinajstić information content (AvgIpc) is 2.62. The summed E-state index contributed by atoms with van der Waals surface area (Å²) in [6.07, 6.45) is -4.66. The first kappa shape index (κ1) is 13.8. The largest absolute Gasteiger partial charge is 0.462 e. The lowest BCUT2D eigenvalue weighted by molar-refractivity contribution is -0.141. The molecule has 1 N–H and O–H groups in total. The molecule has 0 unspecified atom stereocenters. The van der Waals surface area contributed by atoms with Crippen LogP contribution >= 0.6 is 11.3 Å². The summed E-state index contributed by atoms with van der Waals surface area (Å²) in [5.74, 6) is -0.999. The van der Waals surface area contributed by atoms with Gasteiger partial charge in [-0.15, -0.1) is 0 Å². The van der Waals surface area contributed by atoms with E-state index in [0.29, 0.717) is 17.9 Å². The van der Waals surface area contributed by atoms with Gasteiger partial charge >= 0.3 is 12.1 Å². The smallest absolute Gasteiger partial charge is 0.435 e. The van der Waals surface area contributed by atoms with Crippen molar-refractivity contribution in [1.82, 2.24) is 4.98 Å². The van der Waals surface area contributed by atoms with Gasteiger partial charge in [-0.2, -0.15) is 13.2 Å². The number of nitrogens with zero attached hydrogens (tertiary/aromatic N) is 1. The molecule has 17 heavy (non-hydrogen) atoms. The normalized spacial score (nSPS) is 11.4. The van der Waals surface area contributed by atoms with Crippen molar-refractivity contribution in [2.24, 2.45) is 0 Å². The Morgan fingerprint density at radius 3 is 2.59 bits per heavy atom. The molecule has 0 saturated carbocycles. The highest BCUT2D eigenvalue weighted by Gasteiger charge is 2.40. The summed E-state index contributed by atoms with van der Waals surface area (Å²) in [5, 5.41) is 2.70. The number of hydrogen-bond donors (Lipinski definition) is 1. The molecule has 96 valence electrons. The fourth-order valence-electron chi connectivity index (χ4n) is 1.07. The summed E-state index contributed by atoms with van der Waals surface area (Å²) in [4.78, 5) is 14.2. The highest BCUT2D eigenvalue weighted by atomic mass is 32.1. The lowest BCUT2D eigenvalue weighted by Crippen LogP contribution is -2.13. The van der Waals surface area contributed by atoms with Crippen LogP contribution in [0.2, 0.25) is 0 Å². The van der Waals surface area contributed by atoms with Crippen LogP contribution in [0.5, 0.6) is 0 Å². The number of nitrogens with one attached hydrogen (secondary N) is 1. The molecule has 0 bridgehead atoms. The molecule has 1 aromatic heterocycles. The van der Waals surface area contributed by atoms with Crippen LogP contribution in [0.4, 0.5) is 18.3 Å². The molecule has 4 nitrogen and oxygen atoms in total. The Labute approximate surface area is 99.8 Å². The molecule has 0 fully saturated rings. The molecule has 0 aliphatic carbocycles. The number of esters is 1. The van der Waals surface area contributed by atoms with Crippen LogP contribution in [0.25, 0.3) is 0 Å². The maximum atomic E-state index is 12.6. The fourth-order valence-corrected chi connectivity index (χ4v) is 2.02. The third-order valence-electron chi connectivity index (χ3n) is 1.68. The highest BCUT2D eigenvalue weighted by molar-refractivity contribution is 7.17. The molecule has 0 amide bonds. The van der Waals surface area contributed by atoms with Gasteiger partial charge in [0.15, 0.2) is 10.8 Å². The zero-order valence-electron chi connectivity index (χ0n) is 9.22. The van der Waals surface area contributed by atoms with Crippen LogP contribution in [0.3, 0.4) is 0 Å². The van der Waals surface area contributed by atoms with E-state index < -0.39 is 22.7 Å². The molecule has 0 atom stereocenters. The van der Waals surface area contributed by atoms with Crippen LogP contribution in [0.1, 0.15) is 29.2 Å². The van der Waals surface area contributed by atoms with Crippen LogP contribution in [0.15, 0.2) is 0 Å². The van der Waals surface area contributed by atoms with Crippen molar-refractivity contribution in [3.63, 3.8) is 0 Å². The number of aromatic nitrogens is 1. The fraction of sp³-hybridized carbons (Fsp3) is 0.556. The minimum Gasteiger partial charge on any atom is -0.462 e. The standard InChI is InChI=1S/C9H11F3N2O2S/c1-3-13-8-14-6(9(10,11)12)5(17-8)7(15)16-4-2/h3-4H2,1-2H3,(H,13,14). The molecule has 1 aromatic rings. The highest BCUT2D eigenvalue weighted by Crippen LogP contribution is 2.36. The van der Waals surface area contributed by atoms with E-state index in [-0.39, 0.29) is 11.7 Å². The van der Waals surface area contributed by atoms with Crippen molar-refractivity contribution < 1.29 is 22.7 Å². The van der Waals surface area contributed by atoms with Gasteiger partial charge in [-0.3, -0.25) is 0 Å². The number of ether oxygens (including phenoxy) is 1. The second-order valence-electron chi connectivity index (χ2n) is 2.95. The predicted molar refractivity (Wildman–Crippen MR) is 57.2 cm³/mol. The molecule has 0 aliphatic rings. The minimum absolute atomic E-state index is 0.0184. The number of alkyl halides is 3. The monoisotopic (exact) mass is 268 g/mol. The predicted octanol–water partition coefficient (Wildman–Crippen LogP) is 2.77.